The molecule has 0 saturated heterocycles. The lowest BCUT2D eigenvalue weighted by molar-refractivity contribution is 0.920. The van der Waals surface area contributed by atoms with Crippen molar-refractivity contribution in [2.24, 2.45) is 0 Å². The Morgan fingerprint density at radius 2 is 1.95 bits per heavy atom. The molecule has 0 N–H and O–H groups in total. The number of allylic oxidation sites excluding steroid dienone is 1. The van der Waals surface area contributed by atoms with E-state index in [0.717, 1.165) is 12.8 Å². The van der Waals surface area contributed by atoms with E-state index in [1.165, 1.54) is 38.7 Å². The Labute approximate surface area is 123 Å². The minimum atomic E-state index is 1.05. The molecule has 2 aromatic rings. The van der Waals surface area contributed by atoms with Crippen LogP contribution in [0.5, 0.6) is 0 Å². The molecule has 2 aromatic carbocycles. The molecule has 0 bridgehead atoms. The summed E-state index contributed by atoms with van der Waals surface area (Å²) >= 11 is 3.72. The fraction of sp³-hybridized carbons (Fsp3) is 0.222. The third-order valence-electron chi connectivity index (χ3n) is 3.69. The molecule has 96 valence electrons. The van der Waals surface area contributed by atoms with E-state index in [2.05, 4.69) is 71.4 Å². The van der Waals surface area contributed by atoms with Crippen molar-refractivity contribution in [3.63, 3.8) is 0 Å². The predicted octanol–water partition coefficient (Wildman–Crippen LogP) is 5.64. The zero-order chi connectivity index (χ0) is 13.2. The average Bonchev–Trinajstić information content (AvgIpc) is 2.90. The largest absolute Gasteiger partial charge is 0.0794 e. The van der Waals surface area contributed by atoms with Gasteiger partial charge in [-0.3, -0.25) is 0 Å². The summed E-state index contributed by atoms with van der Waals surface area (Å²) in [7, 11) is 0. The second kappa shape index (κ2) is 5.34. The lowest BCUT2D eigenvalue weighted by Gasteiger charge is -2.16. The Morgan fingerprint density at radius 1 is 1.16 bits per heavy atom. The van der Waals surface area contributed by atoms with Crippen molar-refractivity contribution < 1.29 is 0 Å². The summed E-state index contributed by atoms with van der Waals surface area (Å²) in [6, 6.07) is 13.1. The quantitative estimate of drug-likeness (QED) is 0.688. The topological polar surface area (TPSA) is 0 Å². The second-order valence-electron chi connectivity index (χ2n) is 5.01. The molecule has 0 fully saturated rings. The van der Waals surface area contributed by atoms with Gasteiger partial charge in [0.25, 0.3) is 0 Å². The van der Waals surface area contributed by atoms with Crippen molar-refractivity contribution in [3.8, 4) is 11.1 Å². The van der Waals surface area contributed by atoms with Gasteiger partial charge in [-0.25, -0.2) is 0 Å². The number of halogens is 1. The van der Waals surface area contributed by atoms with E-state index in [0.29, 0.717) is 0 Å². The lowest BCUT2D eigenvalue weighted by atomic mass is 9.90. The highest BCUT2D eigenvalue weighted by Crippen LogP contribution is 2.39. The molecule has 3 rings (SSSR count). The van der Waals surface area contributed by atoms with E-state index < -0.39 is 0 Å². The number of hydrogen-bond acceptors (Lipinski definition) is 0. The molecule has 1 aliphatic carbocycles. The highest BCUT2D eigenvalue weighted by Gasteiger charge is 2.18. The molecule has 1 heteroatoms. The number of fused-ring (bicyclic) bond motifs is 1. The van der Waals surface area contributed by atoms with Crippen LogP contribution in [0.1, 0.15) is 30.0 Å². The number of aryl methyl sites for hydroxylation is 1. The van der Waals surface area contributed by atoms with Crippen molar-refractivity contribution in [2.45, 2.75) is 26.2 Å². The van der Waals surface area contributed by atoms with Crippen molar-refractivity contribution in [3.05, 3.63) is 63.6 Å². The van der Waals surface area contributed by atoms with Crippen molar-refractivity contribution in [2.75, 3.05) is 0 Å². The van der Waals surface area contributed by atoms with Gasteiger partial charge in [0.05, 0.1) is 0 Å². The summed E-state index contributed by atoms with van der Waals surface area (Å²) in [6.07, 6.45) is 7.86. The lowest BCUT2D eigenvalue weighted by Crippen LogP contribution is -1.97. The van der Waals surface area contributed by atoms with Crippen LogP contribution in [0.4, 0.5) is 0 Å². The van der Waals surface area contributed by atoms with Crippen LogP contribution in [0.25, 0.3) is 17.2 Å². The molecule has 0 amide bonds. The summed E-state index contributed by atoms with van der Waals surface area (Å²) < 4.78 is 1.24. The SMILES string of the molecule is CCCc1cc(Br)c2c(c1-c1ccccc1)CC=C2. The Kier molecular flexibility index (Phi) is 3.56. The zero-order valence-electron chi connectivity index (χ0n) is 11.1. The van der Waals surface area contributed by atoms with Gasteiger partial charge in [-0.2, -0.15) is 0 Å². The van der Waals surface area contributed by atoms with Gasteiger partial charge in [0.15, 0.2) is 0 Å². The molecule has 0 nitrogen and oxygen atoms in total. The second-order valence-corrected chi connectivity index (χ2v) is 5.86. The normalized spacial score (nSPS) is 12.7. The Hall–Kier alpha value is -1.34. The van der Waals surface area contributed by atoms with Crippen LogP contribution >= 0.6 is 15.9 Å². The van der Waals surface area contributed by atoms with E-state index in [9.17, 15) is 0 Å². The first kappa shape index (κ1) is 12.7. The minimum Gasteiger partial charge on any atom is -0.0794 e. The van der Waals surface area contributed by atoms with E-state index >= 15 is 0 Å². The maximum atomic E-state index is 3.72. The van der Waals surface area contributed by atoms with Crippen LogP contribution in [0.15, 0.2) is 46.9 Å². The summed E-state index contributed by atoms with van der Waals surface area (Å²) in [4.78, 5) is 0. The standard InChI is InChI=1S/C18H17Br/c1-2-7-14-12-17(19)15-10-6-11-16(15)18(14)13-8-4-3-5-9-13/h3-6,8-10,12H,2,7,11H2,1H3. The van der Waals surface area contributed by atoms with E-state index in [1.54, 1.807) is 0 Å². The number of benzene rings is 2. The third kappa shape index (κ3) is 2.28. The Morgan fingerprint density at radius 3 is 2.68 bits per heavy atom. The van der Waals surface area contributed by atoms with Crippen LogP contribution in [0.3, 0.4) is 0 Å². The average molecular weight is 313 g/mol. The van der Waals surface area contributed by atoms with Crippen molar-refractivity contribution >= 4 is 22.0 Å². The van der Waals surface area contributed by atoms with Gasteiger partial charge in [-0.1, -0.05) is 71.8 Å². The first-order valence-electron chi connectivity index (χ1n) is 6.87. The highest BCUT2D eigenvalue weighted by atomic mass is 79.9. The van der Waals surface area contributed by atoms with Crippen LogP contribution in [0, 0.1) is 0 Å². The summed E-state index contributed by atoms with van der Waals surface area (Å²) in [5.41, 5.74) is 7.09. The Balaban J connectivity index is 2.25. The predicted molar refractivity (Wildman–Crippen MR) is 86.3 cm³/mol. The van der Waals surface area contributed by atoms with Crippen LogP contribution in [-0.4, -0.2) is 0 Å². The van der Waals surface area contributed by atoms with E-state index in [1.807, 2.05) is 0 Å². The molecule has 0 radical (unpaired) electrons. The molecule has 0 unspecified atom stereocenters. The smallest absolute Gasteiger partial charge is 0.0253 e. The highest BCUT2D eigenvalue weighted by molar-refractivity contribution is 9.10. The molecule has 0 aliphatic heterocycles. The van der Waals surface area contributed by atoms with Gasteiger partial charge >= 0.3 is 0 Å². The first-order valence-corrected chi connectivity index (χ1v) is 7.66. The van der Waals surface area contributed by atoms with Gasteiger partial charge in [0, 0.05) is 4.47 Å². The molecule has 0 heterocycles. The minimum absolute atomic E-state index is 1.05. The molecule has 0 atom stereocenters. The molecule has 0 saturated carbocycles. The molecular formula is C18H17Br. The van der Waals surface area contributed by atoms with Gasteiger partial charge in [0.2, 0.25) is 0 Å². The van der Waals surface area contributed by atoms with Gasteiger partial charge in [0.1, 0.15) is 0 Å². The fourth-order valence-electron chi connectivity index (χ4n) is 2.89. The summed E-state index contributed by atoms with van der Waals surface area (Å²) in [6.45, 7) is 2.24. The molecule has 0 aromatic heterocycles. The van der Waals surface area contributed by atoms with Gasteiger partial charge < -0.3 is 0 Å². The molecule has 19 heavy (non-hydrogen) atoms. The Bertz CT molecular complexity index is 624. The van der Waals surface area contributed by atoms with Gasteiger partial charge in [-0.05, 0) is 46.7 Å². The number of rotatable bonds is 3. The van der Waals surface area contributed by atoms with E-state index in [4.69, 9.17) is 0 Å². The van der Waals surface area contributed by atoms with Crippen LogP contribution in [-0.2, 0) is 12.8 Å². The molecule has 0 spiro atoms. The van der Waals surface area contributed by atoms with Crippen molar-refractivity contribution in [1.82, 2.24) is 0 Å². The maximum Gasteiger partial charge on any atom is 0.0253 e. The fourth-order valence-corrected chi connectivity index (χ4v) is 3.54. The van der Waals surface area contributed by atoms with Crippen LogP contribution in [0.2, 0.25) is 0 Å². The monoisotopic (exact) mass is 312 g/mol. The summed E-state index contributed by atoms with van der Waals surface area (Å²) in [5, 5.41) is 0. The van der Waals surface area contributed by atoms with Gasteiger partial charge in [-0.15, -0.1) is 0 Å². The van der Waals surface area contributed by atoms with E-state index in [-0.39, 0.29) is 0 Å². The maximum absolute atomic E-state index is 3.72. The third-order valence-corrected chi connectivity index (χ3v) is 4.35. The van der Waals surface area contributed by atoms with Crippen LogP contribution < -0.4 is 0 Å². The molecule has 1 aliphatic rings. The zero-order valence-corrected chi connectivity index (χ0v) is 12.7. The summed E-state index contributed by atoms with van der Waals surface area (Å²) in [5.74, 6) is 0. The number of hydrogen-bond donors (Lipinski definition) is 0. The van der Waals surface area contributed by atoms with Crippen molar-refractivity contribution in [1.29, 1.82) is 0 Å². The molecular weight excluding hydrogens is 296 g/mol. The first-order chi connectivity index (χ1) is 9.31.